The van der Waals surface area contributed by atoms with Crippen molar-refractivity contribution in [2.24, 2.45) is 5.73 Å². The first-order chi connectivity index (χ1) is 5.11. The van der Waals surface area contributed by atoms with Crippen LogP contribution < -0.4 is 5.73 Å². The second-order valence-corrected chi connectivity index (χ2v) is 3.63. The molecule has 2 N–H and O–H groups in total. The Hall–Kier alpha value is -0.120. The van der Waals surface area contributed by atoms with Crippen LogP contribution in [0.25, 0.3) is 0 Å². The summed E-state index contributed by atoms with van der Waals surface area (Å²) in [5.74, 6) is 0. The van der Waals surface area contributed by atoms with Gasteiger partial charge in [0.05, 0.1) is 10.7 Å². The predicted octanol–water partition coefficient (Wildman–Crippen LogP) is 2.52. The van der Waals surface area contributed by atoms with Crippen LogP contribution in [0.15, 0.2) is 16.7 Å². The summed E-state index contributed by atoms with van der Waals surface area (Å²) in [5, 5.41) is 0.606. The average molecular weight is 236 g/mol. The van der Waals surface area contributed by atoms with E-state index < -0.39 is 0 Å². The Morgan fingerprint density at radius 3 is 2.82 bits per heavy atom. The Labute approximate surface area is 78.9 Å². The Morgan fingerprint density at radius 1 is 1.73 bits per heavy atom. The normalized spacial score (nSPS) is 13.1. The molecular weight excluding hydrogens is 227 g/mol. The van der Waals surface area contributed by atoms with Gasteiger partial charge in [0.2, 0.25) is 0 Å². The third kappa shape index (κ3) is 2.15. The minimum Gasteiger partial charge on any atom is -0.323 e. The van der Waals surface area contributed by atoms with Gasteiger partial charge in [-0.05, 0) is 28.9 Å². The highest BCUT2D eigenvalue weighted by molar-refractivity contribution is 9.10. The molecule has 0 fully saturated rings. The number of nitrogens with two attached hydrogens (primary N) is 1. The molecule has 11 heavy (non-hydrogen) atoms. The molecule has 0 aliphatic carbocycles. The molecule has 1 heterocycles. The zero-order valence-corrected chi connectivity index (χ0v) is 8.35. The maximum atomic E-state index is 5.85. The van der Waals surface area contributed by atoms with E-state index in [4.69, 9.17) is 17.3 Å². The van der Waals surface area contributed by atoms with Crippen molar-refractivity contribution >= 4 is 27.5 Å². The summed E-state index contributed by atoms with van der Waals surface area (Å²) in [6.07, 6.45) is 1.69. The zero-order valence-electron chi connectivity index (χ0n) is 6.01. The van der Waals surface area contributed by atoms with E-state index in [-0.39, 0.29) is 6.04 Å². The van der Waals surface area contributed by atoms with Crippen LogP contribution in [0, 0.1) is 0 Å². The average Bonchev–Trinajstić information content (AvgIpc) is 1.85. The quantitative estimate of drug-likeness (QED) is 0.812. The molecule has 0 radical (unpaired) electrons. The van der Waals surface area contributed by atoms with Gasteiger partial charge in [0.25, 0.3) is 0 Å². The molecule has 1 aromatic rings. The first-order valence-corrected chi connectivity index (χ1v) is 4.35. The van der Waals surface area contributed by atoms with E-state index in [0.29, 0.717) is 5.02 Å². The minimum absolute atomic E-state index is 0.115. The highest BCUT2D eigenvalue weighted by Crippen LogP contribution is 2.22. The van der Waals surface area contributed by atoms with Gasteiger partial charge in [-0.2, -0.15) is 0 Å². The molecule has 60 valence electrons. The van der Waals surface area contributed by atoms with Gasteiger partial charge in [0, 0.05) is 16.7 Å². The van der Waals surface area contributed by atoms with Gasteiger partial charge in [-0.15, -0.1) is 0 Å². The van der Waals surface area contributed by atoms with E-state index in [2.05, 4.69) is 20.9 Å². The summed E-state index contributed by atoms with van der Waals surface area (Å²) in [7, 11) is 0. The number of halogens is 2. The van der Waals surface area contributed by atoms with Crippen LogP contribution in [0.1, 0.15) is 18.7 Å². The van der Waals surface area contributed by atoms with Crippen LogP contribution in [0.3, 0.4) is 0 Å². The van der Waals surface area contributed by atoms with Gasteiger partial charge in [0.1, 0.15) is 0 Å². The van der Waals surface area contributed by atoms with E-state index in [1.807, 2.05) is 6.92 Å². The molecule has 0 aliphatic heterocycles. The largest absolute Gasteiger partial charge is 0.323 e. The van der Waals surface area contributed by atoms with Crippen molar-refractivity contribution in [3.05, 3.63) is 27.5 Å². The molecule has 4 heteroatoms. The van der Waals surface area contributed by atoms with Crippen LogP contribution in [0.4, 0.5) is 0 Å². The van der Waals surface area contributed by atoms with Crippen LogP contribution in [0.2, 0.25) is 5.02 Å². The lowest BCUT2D eigenvalue weighted by atomic mass is 10.2. The fraction of sp³-hybridized carbons (Fsp3) is 0.286. The lowest BCUT2D eigenvalue weighted by molar-refractivity contribution is 0.780. The third-order valence-corrected chi connectivity index (χ3v) is 2.00. The second kappa shape index (κ2) is 3.52. The summed E-state index contributed by atoms with van der Waals surface area (Å²) in [6.45, 7) is 1.85. The summed E-state index contributed by atoms with van der Waals surface area (Å²) >= 11 is 9.11. The highest BCUT2D eigenvalue weighted by Gasteiger charge is 2.06. The lowest BCUT2D eigenvalue weighted by Gasteiger charge is -2.05. The molecule has 0 saturated heterocycles. The monoisotopic (exact) mass is 234 g/mol. The molecule has 1 aromatic heterocycles. The maximum absolute atomic E-state index is 5.85. The van der Waals surface area contributed by atoms with Crippen molar-refractivity contribution in [1.29, 1.82) is 0 Å². The van der Waals surface area contributed by atoms with Crippen molar-refractivity contribution in [1.82, 2.24) is 4.98 Å². The SMILES string of the molecule is CC(N)c1ncc(Br)cc1Cl. The number of nitrogens with zero attached hydrogens (tertiary/aromatic N) is 1. The van der Waals surface area contributed by atoms with E-state index in [9.17, 15) is 0 Å². The van der Waals surface area contributed by atoms with Crippen LogP contribution in [-0.2, 0) is 0 Å². The maximum Gasteiger partial charge on any atom is 0.0754 e. The lowest BCUT2D eigenvalue weighted by Crippen LogP contribution is -2.07. The number of hydrogen-bond donors (Lipinski definition) is 1. The first-order valence-electron chi connectivity index (χ1n) is 3.18. The minimum atomic E-state index is -0.115. The fourth-order valence-corrected chi connectivity index (χ4v) is 1.56. The smallest absolute Gasteiger partial charge is 0.0754 e. The molecule has 1 atom stereocenters. The summed E-state index contributed by atoms with van der Waals surface area (Å²) < 4.78 is 0.868. The number of hydrogen-bond acceptors (Lipinski definition) is 2. The topological polar surface area (TPSA) is 38.9 Å². The van der Waals surface area contributed by atoms with E-state index in [0.717, 1.165) is 10.2 Å². The Balaban J connectivity index is 3.09. The predicted molar refractivity (Wildman–Crippen MR) is 49.5 cm³/mol. The van der Waals surface area contributed by atoms with Gasteiger partial charge >= 0.3 is 0 Å². The van der Waals surface area contributed by atoms with Gasteiger partial charge in [-0.1, -0.05) is 11.6 Å². The molecule has 1 unspecified atom stereocenters. The summed E-state index contributed by atoms with van der Waals surface area (Å²) in [5.41, 5.74) is 6.33. The first kappa shape index (κ1) is 8.97. The number of aromatic nitrogens is 1. The molecule has 0 spiro atoms. The van der Waals surface area contributed by atoms with E-state index in [1.54, 1.807) is 12.3 Å². The Morgan fingerprint density at radius 2 is 2.36 bits per heavy atom. The fourth-order valence-electron chi connectivity index (χ4n) is 0.760. The van der Waals surface area contributed by atoms with Crippen molar-refractivity contribution in [2.45, 2.75) is 13.0 Å². The number of rotatable bonds is 1. The number of pyridine rings is 1. The molecule has 0 amide bonds. The standard InChI is InChI=1S/C7H8BrClN2/c1-4(10)7-6(9)2-5(8)3-11-7/h2-4H,10H2,1H3. The Bertz CT molecular complexity index is 263. The van der Waals surface area contributed by atoms with Crippen LogP contribution in [0.5, 0.6) is 0 Å². The van der Waals surface area contributed by atoms with Crippen LogP contribution in [-0.4, -0.2) is 4.98 Å². The molecule has 0 bridgehead atoms. The summed E-state index contributed by atoms with van der Waals surface area (Å²) in [4.78, 5) is 4.07. The van der Waals surface area contributed by atoms with E-state index >= 15 is 0 Å². The second-order valence-electron chi connectivity index (χ2n) is 2.31. The Kier molecular flexibility index (Phi) is 2.87. The van der Waals surface area contributed by atoms with Crippen molar-refractivity contribution in [2.75, 3.05) is 0 Å². The van der Waals surface area contributed by atoms with Crippen molar-refractivity contribution in [3.8, 4) is 0 Å². The van der Waals surface area contributed by atoms with Crippen LogP contribution >= 0.6 is 27.5 Å². The molecular formula is C7H8BrClN2. The molecule has 2 nitrogen and oxygen atoms in total. The van der Waals surface area contributed by atoms with Crippen molar-refractivity contribution in [3.63, 3.8) is 0 Å². The zero-order chi connectivity index (χ0) is 8.43. The van der Waals surface area contributed by atoms with Gasteiger partial charge in [-0.25, -0.2) is 0 Å². The van der Waals surface area contributed by atoms with Gasteiger partial charge in [-0.3, -0.25) is 4.98 Å². The molecule has 1 rings (SSSR count). The molecule has 0 aromatic carbocycles. The van der Waals surface area contributed by atoms with Gasteiger partial charge in [0.15, 0.2) is 0 Å². The van der Waals surface area contributed by atoms with Gasteiger partial charge < -0.3 is 5.73 Å². The van der Waals surface area contributed by atoms with E-state index in [1.165, 1.54) is 0 Å². The molecule has 0 aliphatic rings. The highest BCUT2D eigenvalue weighted by atomic mass is 79.9. The molecule has 0 saturated carbocycles. The summed E-state index contributed by atoms with van der Waals surface area (Å²) in [6, 6.07) is 1.67. The third-order valence-electron chi connectivity index (χ3n) is 1.27. The van der Waals surface area contributed by atoms with Crippen molar-refractivity contribution < 1.29 is 0 Å².